The molecule has 2 amide bonds. The minimum absolute atomic E-state index is 0.199. The van der Waals surface area contributed by atoms with Crippen LogP contribution in [0, 0.1) is 0 Å². The molecule has 0 aliphatic heterocycles. The van der Waals surface area contributed by atoms with E-state index in [0.717, 1.165) is 11.0 Å². The number of nitrogens with one attached hydrogen (secondary N) is 1. The zero-order valence-electron chi connectivity index (χ0n) is 14.5. The van der Waals surface area contributed by atoms with Gasteiger partial charge >= 0.3 is 0 Å². The van der Waals surface area contributed by atoms with Crippen LogP contribution < -0.4 is 15.8 Å². The number of primary amides is 1. The molecule has 0 fully saturated rings. The summed E-state index contributed by atoms with van der Waals surface area (Å²) in [6, 6.07) is 8.35. The summed E-state index contributed by atoms with van der Waals surface area (Å²) < 4.78 is 7.21. The van der Waals surface area contributed by atoms with Gasteiger partial charge in [0.2, 0.25) is 5.91 Å². The Morgan fingerprint density at radius 3 is 2.81 bits per heavy atom. The van der Waals surface area contributed by atoms with Crippen molar-refractivity contribution in [3.05, 3.63) is 48.3 Å². The fourth-order valence-electron chi connectivity index (χ4n) is 2.47. The van der Waals surface area contributed by atoms with E-state index < -0.39 is 5.91 Å². The van der Waals surface area contributed by atoms with Gasteiger partial charge in [0.15, 0.2) is 12.3 Å². The number of benzene rings is 1. The van der Waals surface area contributed by atoms with Gasteiger partial charge in [-0.25, -0.2) is 9.67 Å². The highest BCUT2D eigenvalue weighted by Crippen LogP contribution is 2.19. The van der Waals surface area contributed by atoms with E-state index in [1.807, 2.05) is 18.5 Å². The SMILES string of the molecule is CC(C)n1ncc2cc(NC(=O)COc3cccc(C(N)=O)c3)cnc21. The molecule has 0 aliphatic rings. The maximum Gasteiger partial charge on any atom is 0.262 e. The van der Waals surface area contributed by atoms with Gasteiger partial charge in [0.05, 0.1) is 18.1 Å². The monoisotopic (exact) mass is 353 g/mol. The number of nitrogens with zero attached hydrogens (tertiary/aromatic N) is 3. The summed E-state index contributed by atoms with van der Waals surface area (Å²) in [5, 5.41) is 7.86. The molecule has 26 heavy (non-hydrogen) atoms. The van der Waals surface area contributed by atoms with Crippen LogP contribution in [0.5, 0.6) is 5.75 Å². The number of hydrogen-bond donors (Lipinski definition) is 2. The summed E-state index contributed by atoms with van der Waals surface area (Å²) in [6.45, 7) is 3.84. The molecule has 3 aromatic rings. The Hall–Kier alpha value is -3.42. The number of anilines is 1. The third kappa shape index (κ3) is 3.80. The third-order valence-electron chi connectivity index (χ3n) is 3.69. The number of carbonyl (C=O) groups is 2. The number of carbonyl (C=O) groups excluding carboxylic acids is 2. The minimum Gasteiger partial charge on any atom is -0.484 e. The molecule has 0 aliphatic carbocycles. The molecule has 0 saturated carbocycles. The zero-order valence-corrected chi connectivity index (χ0v) is 14.5. The number of ether oxygens (including phenoxy) is 1. The van der Waals surface area contributed by atoms with Gasteiger partial charge in [0.1, 0.15) is 5.75 Å². The van der Waals surface area contributed by atoms with Crippen LogP contribution >= 0.6 is 0 Å². The van der Waals surface area contributed by atoms with E-state index in [9.17, 15) is 9.59 Å². The lowest BCUT2D eigenvalue weighted by Crippen LogP contribution is -2.20. The van der Waals surface area contributed by atoms with Crippen LogP contribution in [0.3, 0.4) is 0 Å². The van der Waals surface area contributed by atoms with Gasteiger partial charge < -0.3 is 15.8 Å². The molecule has 8 heteroatoms. The van der Waals surface area contributed by atoms with Gasteiger partial charge in [-0.1, -0.05) is 6.07 Å². The first kappa shape index (κ1) is 17.4. The largest absolute Gasteiger partial charge is 0.484 e. The molecule has 2 aromatic heterocycles. The van der Waals surface area contributed by atoms with Gasteiger partial charge in [0.25, 0.3) is 5.91 Å². The first-order valence-electron chi connectivity index (χ1n) is 8.10. The fourth-order valence-corrected chi connectivity index (χ4v) is 2.47. The molecule has 3 rings (SSSR count). The highest BCUT2D eigenvalue weighted by atomic mass is 16.5. The van der Waals surface area contributed by atoms with Crippen LogP contribution in [0.15, 0.2) is 42.7 Å². The Morgan fingerprint density at radius 1 is 1.27 bits per heavy atom. The van der Waals surface area contributed by atoms with Crippen LogP contribution in [0.1, 0.15) is 30.2 Å². The Balaban J connectivity index is 1.64. The van der Waals surface area contributed by atoms with E-state index in [1.165, 1.54) is 6.07 Å². The molecule has 0 saturated heterocycles. The number of nitrogens with two attached hydrogens (primary N) is 1. The summed E-state index contributed by atoms with van der Waals surface area (Å²) in [5.41, 5.74) is 6.86. The number of aromatic nitrogens is 3. The Morgan fingerprint density at radius 2 is 2.08 bits per heavy atom. The first-order chi connectivity index (χ1) is 12.4. The molecular weight excluding hydrogens is 334 g/mol. The van der Waals surface area contributed by atoms with Crippen LogP contribution in [0.25, 0.3) is 11.0 Å². The van der Waals surface area contributed by atoms with Gasteiger partial charge in [-0.3, -0.25) is 9.59 Å². The second-order valence-corrected chi connectivity index (χ2v) is 6.05. The predicted molar refractivity (Wildman–Crippen MR) is 97.0 cm³/mol. The van der Waals surface area contributed by atoms with Crippen LogP contribution in [-0.4, -0.2) is 33.2 Å². The van der Waals surface area contributed by atoms with Crippen molar-refractivity contribution in [2.75, 3.05) is 11.9 Å². The van der Waals surface area contributed by atoms with E-state index in [-0.39, 0.29) is 18.6 Å². The number of hydrogen-bond acceptors (Lipinski definition) is 5. The minimum atomic E-state index is -0.554. The van der Waals surface area contributed by atoms with Crippen molar-refractivity contribution in [3.8, 4) is 5.75 Å². The average molecular weight is 353 g/mol. The molecule has 0 unspecified atom stereocenters. The highest BCUT2D eigenvalue weighted by molar-refractivity contribution is 5.94. The van der Waals surface area contributed by atoms with Gasteiger partial charge in [-0.05, 0) is 38.1 Å². The number of rotatable bonds is 6. The maximum absolute atomic E-state index is 12.1. The lowest BCUT2D eigenvalue weighted by Gasteiger charge is -2.09. The molecule has 2 heterocycles. The van der Waals surface area contributed by atoms with Crippen molar-refractivity contribution in [1.29, 1.82) is 0 Å². The number of amides is 2. The van der Waals surface area contributed by atoms with Crippen LogP contribution in [-0.2, 0) is 4.79 Å². The number of fused-ring (bicyclic) bond motifs is 1. The zero-order chi connectivity index (χ0) is 18.7. The molecule has 0 radical (unpaired) electrons. The molecular formula is C18H19N5O3. The van der Waals surface area contributed by atoms with Gasteiger partial charge in [-0.2, -0.15) is 5.10 Å². The Labute approximate surface area is 150 Å². The molecule has 0 bridgehead atoms. The van der Waals surface area contributed by atoms with Crippen molar-refractivity contribution in [2.45, 2.75) is 19.9 Å². The van der Waals surface area contributed by atoms with Gasteiger partial charge in [-0.15, -0.1) is 0 Å². The second-order valence-electron chi connectivity index (χ2n) is 6.05. The van der Waals surface area contributed by atoms with Crippen LogP contribution in [0.2, 0.25) is 0 Å². The Kier molecular flexibility index (Phi) is 4.83. The normalized spacial score (nSPS) is 10.9. The van der Waals surface area contributed by atoms with E-state index in [2.05, 4.69) is 15.4 Å². The van der Waals surface area contributed by atoms with Crippen molar-refractivity contribution in [2.24, 2.45) is 5.73 Å². The summed E-state index contributed by atoms with van der Waals surface area (Å²) in [7, 11) is 0. The summed E-state index contributed by atoms with van der Waals surface area (Å²) in [5.74, 6) is -0.503. The van der Waals surface area contributed by atoms with Crippen molar-refractivity contribution >= 4 is 28.5 Å². The topological polar surface area (TPSA) is 112 Å². The predicted octanol–water partition coefficient (Wildman–Crippen LogP) is 2.13. The second kappa shape index (κ2) is 7.22. The Bertz CT molecular complexity index is 964. The molecule has 134 valence electrons. The highest BCUT2D eigenvalue weighted by Gasteiger charge is 2.10. The fraction of sp³-hybridized carbons (Fsp3) is 0.222. The molecule has 1 aromatic carbocycles. The van der Waals surface area contributed by atoms with Crippen molar-refractivity contribution in [3.63, 3.8) is 0 Å². The van der Waals surface area contributed by atoms with Crippen LogP contribution in [0.4, 0.5) is 5.69 Å². The van der Waals surface area contributed by atoms with E-state index in [1.54, 1.807) is 36.7 Å². The smallest absolute Gasteiger partial charge is 0.262 e. The van der Waals surface area contributed by atoms with Crippen molar-refractivity contribution < 1.29 is 14.3 Å². The lowest BCUT2D eigenvalue weighted by atomic mass is 10.2. The molecule has 0 atom stereocenters. The first-order valence-corrected chi connectivity index (χ1v) is 8.10. The van der Waals surface area contributed by atoms with Gasteiger partial charge in [0, 0.05) is 17.0 Å². The van der Waals surface area contributed by atoms with Crippen molar-refractivity contribution in [1.82, 2.24) is 14.8 Å². The standard InChI is InChI=1S/C18H19N5O3/c1-11(2)23-18-13(8-21-23)6-14(9-20-18)22-16(24)10-26-15-5-3-4-12(7-15)17(19)25/h3-9,11H,10H2,1-2H3,(H2,19,25)(H,22,24). The number of pyridine rings is 1. The average Bonchev–Trinajstić information content (AvgIpc) is 3.03. The third-order valence-corrected chi connectivity index (χ3v) is 3.69. The molecule has 3 N–H and O–H groups in total. The lowest BCUT2D eigenvalue weighted by molar-refractivity contribution is -0.118. The molecule has 8 nitrogen and oxygen atoms in total. The van der Waals surface area contributed by atoms with E-state index in [4.69, 9.17) is 10.5 Å². The molecule has 0 spiro atoms. The van der Waals surface area contributed by atoms with E-state index in [0.29, 0.717) is 17.0 Å². The maximum atomic E-state index is 12.1. The summed E-state index contributed by atoms with van der Waals surface area (Å²) in [6.07, 6.45) is 3.29. The van der Waals surface area contributed by atoms with E-state index >= 15 is 0 Å². The summed E-state index contributed by atoms with van der Waals surface area (Å²) in [4.78, 5) is 27.6. The quantitative estimate of drug-likeness (QED) is 0.705. The summed E-state index contributed by atoms with van der Waals surface area (Å²) >= 11 is 0.